The monoisotopic (exact) mass is 308 g/mol. The molecule has 1 saturated carbocycles. The summed E-state index contributed by atoms with van der Waals surface area (Å²) in [4.78, 5) is 2.68. The molecule has 0 bridgehead atoms. The highest BCUT2D eigenvalue weighted by molar-refractivity contribution is 9.10. The molecule has 1 N–H and O–H groups in total. The quantitative estimate of drug-likeness (QED) is 0.914. The van der Waals surface area contributed by atoms with Crippen molar-refractivity contribution >= 4 is 21.6 Å². The predicted molar refractivity (Wildman–Crippen MR) is 80.1 cm³/mol. The number of likely N-dealkylation sites (tertiary alicyclic amines) is 1. The van der Waals surface area contributed by atoms with E-state index >= 15 is 0 Å². The van der Waals surface area contributed by atoms with Gasteiger partial charge in [0.15, 0.2) is 0 Å². The molecule has 1 aromatic rings. The molecule has 1 saturated heterocycles. The fourth-order valence-corrected chi connectivity index (χ4v) is 3.74. The SMILES string of the molecule is Cc1cc(Br)cc(NC2CC(C)N(C3CC3)C2)c1. The van der Waals surface area contributed by atoms with Gasteiger partial charge in [-0.2, -0.15) is 0 Å². The molecule has 3 rings (SSSR count). The second-order valence-corrected chi connectivity index (χ2v) is 6.79. The number of aryl methyl sites for hydroxylation is 1. The molecule has 2 fully saturated rings. The summed E-state index contributed by atoms with van der Waals surface area (Å²) in [6.07, 6.45) is 4.09. The first-order valence-electron chi connectivity index (χ1n) is 6.91. The van der Waals surface area contributed by atoms with Gasteiger partial charge in [0.05, 0.1) is 0 Å². The van der Waals surface area contributed by atoms with Gasteiger partial charge in [0.25, 0.3) is 0 Å². The van der Waals surface area contributed by atoms with Crippen molar-refractivity contribution in [2.24, 2.45) is 0 Å². The molecule has 1 aliphatic heterocycles. The van der Waals surface area contributed by atoms with Gasteiger partial charge in [0.2, 0.25) is 0 Å². The van der Waals surface area contributed by atoms with Gasteiger partial charge in [-0.15, -0.1) is 0 Å². The number of nitrogens with zero attached hydrogens (tertiary/aromatic N) is 1. The maximum atomic E-state index is 3.69. The molecule has 1 heterocycles. The summed E-state index contributed by atoms with van der Waals surface area (Å²) in [7, 11) is 0. The van der Waals surface area contributed by atoms with Crippen molar-refractivity contribution in [1.29, 1.82) is 0 Å². The molecule has 98 valence electrons. The Hall–Kier alpha value is -0.540. The van der Waals surface area contributed by atoms with E-state index < -0.39 is 0 Å². The van der Waals surface area contributed by atoms with Crippen LogP contribution < -0.4 is 5.32 Å². The number of rotatable bonds is 3. The van der Waals surface area contributed by atoms with Crippen molar-refractivity contribution in [2.45, 2.75) is 51.2 Å². The summed E-state index contributed by atoms with van der Waals surface area (Å²) in [5.74, 6) is 0. The predicted octanol–water partition coefficient (Wildman–Crippen LogP) is 3.79. The standard InChI is InChI=1S/C15H21BrN2/c1-10-5-12(16)8-13(6-10)17-14-7-11(2)18(9-14)15-3-4-15/h5-6,8,11,14-15,17H,3-4,7,9H2,1-2H3. The van der Waals surface area contributed by atoms with E-state index in [1.54, 1.807) is 0 Å². The first-order chi connectivity index (χ1) is 8.61. The first kappa shape index (κ1) is 12.5. The van der Waals surface area contributed by atoms with Crippen LogP contribution in [0.2, 0.25) is 0 Å². The summed E-state index contributed by atoms with van der Waals surface area (Å²) in [6.45, 7) is 5.72. The molecule has 2 nitrogen and oxygen atoms in total. The maximum Gasteiger partial charge on any atom is 0.0403 e. The molecular weight excluding hydrogens is 288 g/mol. The number of anilines is 1. The van der Waals surface area contributed by atoms with Crippen LogP contribution in [0, 0.1) is 6.92 Å². The van der Waals surface area contributed by atoms with Crippen molar-refractivity contribution in [3.8, 4) is 0 Å². The highest BCUT2D eigenvalue weighted by Crippen LogP contribution is 2.34. The number of nitrogens with one attached hydrogen (secondary N) is 1. The summed E-state index contributed by atoms with van der Waals surface area (Å²) in [6, 6.07) is 8.79. The van der Waals surface area contributed by atoms with Crippen LogP contribution in [0.25, 0.3) is 0 Å². The van der Waals surface area contributed by atoms with Crippen molar-refractivity contribution in [3.63, 3.8) is 0 Å². The highest BCUT2D eigenvalue weighted by atomic mass is 79.9. The van der Waals surface area contributed by atoms with Crippen LogP contribution in [-0.2, 0) is 0 Å². The van der Waals surface area contributed by atoms with E-state index in [4.69, 9.17) is 0 Å². The van der Waals surface area contributed by atoms with Crippen molar-refractivity contribution in [1.82, 2.24) is 4.90 Å². The van der Waals surface area contributed by atoms with Crippen LogP contribution in [0.5, 0.6) is 0 Å². The molecule has 0 spiro atoms. The van der Waals surface area contributed by atoms with Gasteiger partial charge in [0, 0.05) is 34.8 Å². The number of hydrogen-bond donors (Lipinski definition) is 1. The Morgan fingerprint density at radius 3 is 2.72 bits per heavy atom. The average Bonchev–Trinajstić information content (AvgIpc) is 3.02. The van der Waals surface area contributed by atoms with E-state index in [-0.39, 0.29) is 0 Å². The largest absolute Gasteiger partial charge is 0.381 e. The fraction of sp³-hybridized carbons (Fsp3) is 0.600. The molecule has 3 heteroatoms. The summed E-state index contributed by atoms with van der Waals surface area (Å²) in [5.41, 5.74) is 2.55. The lowest BCUT2D eigenvalue weighted by molar-refractivity contribution is 0.257. The molecule has 2 aliphatic rings. The van der Waals surface area contributed by atoms with Crippen LogP contribution >= 0.6 is 15.9 Å². The van der Waals surface area contributed by atoms with E-state index in [1.165, 1.54) is 37.1 Å². The molecule has 2 unspecified atom stereocenters. The van der Waals surface area contributed by atoms with Gasteiger partial charge in [-0.1, -0.05) is 15.9 Å². The Labute approximate surface area is 118 Å². The molecule has 0 aromatic heterocycles. The lowest BCUT2D eigenvalue weighted by Crippen LogP contribution is -2.31. The number of hydrogen-bond acceptors (Lipinski definition) is 2. The van der Waals surface area contributed by atoms with Crippen LogP contribution in [0.15, 0.2) is 22.7 Å². The van der Waals surface area contributed by atoms with Gasteiger partial charge in [0.1, 0.15) is 0 Å². The van der Waals surface area contributed by atoms with Crippen LogP contribution in [0.3, 0.4) is 0 Å². The lowest BCUT2D eigenvalue weighted by atomic mass is 10.1. The highest BCUT2D eigenvalue weighted by Gasteiger charge is 2.38. The average molecular weight is 309 g/mol. The zero-order valence-electron chi connectivity index (χ0n) is 11.1. The minimum Gasteiger partial charge on any atom is -0.381 e. The Morgan fingerprint density at radius 2 is 2.06 bits per heavy atom. The van der Waals surface area contributed by atoms with E-state index in [0.717, 1.165) is 16.6 Å². The van der Waals surface area contributed by atoms with E-state index in [9.17, 15) is 0 Å². The second-order valence-electron chi connectivity index (χ2n) is 5.87. The molecule has 18 heavy (non-hydrogen) atoms. The Bertz CT molecular complexity index is 422. The number of benzene rings is 1. The molecular formula is C15H21BrN2. The first-order valence-corrected chi connectivity index (χ1v) is 7.70. The molecule has 0 radical (unpaired) electrons. The molecule has 0 amide bonds. The van der Waals surface area contributed by atoms with Gasteiger partial charge < -0.3 is 5.32 Å². The van der Waals surface area contributed by atoms with Crippen molar-refractivity contribution in [2.75, 3.05) is 11.9 Å². The Morgan fingerprint density at radius 1 is 1.28 bits per heavy atom. The van der Waals surface area contributed by atoms with Crippen LogP contribution in [0.1, 0.15) is 31.7 Å². The maximum absolute atomic E-state index is 3.69. The molecule has 1 aliphatic carbocycles. The van der Waals surface area contributed by atoms with Gasteiger partial charge in [-0.25, -0.2) is 0 Å². The van der Waals surface area contributed by atoms with Crippen molar-refractivity contribution < 1.29 is 0 Å². The minimum atomic E-state index is 0.606. The zero-order valence-corrected chi connectivity index (χ0v) is 12.7. The summed E-state index contributed by atoms with van der Waals surface area (Å²) in [5, 5.41) is 3.69. The Balaban J connectivity index is 1.66. The zero-order chi connectivity index (χ0) is 12.7. The molecule has 1 aromatic carbocycles. The van der Waals surface area contributed by atoms with E-state index in [1.807, 2.05) is 0 Å². The third-order valence-electron chi connectivity index (χ3n) is 4.05. The van der Waals surface area contributed by atoms with Crippen LogP contribution in [0.4, 0.5) is 5.69 Å². The van der Waals surface area contributed by atoms with E-state index in [0.29, 0.717) is 6.04 Å². The fourth-order valence-electron chi connectivity index (χ4n) is 3.13. The van der Waals surface area contributed by atoms with Gasteiger partial charge >= 0.3 is 0 Å². The third kappa shape index (κ3) is 2.72. The second kappa shape index (κ2) is 4.86. The van der Waals surface area contributed by atoms with Gasteiger partial charge in [-0.3, -0.25) is 4.90 Å². The van der Waals surface area contributed by atoms with E-state index in [2.05, 4.69) is 58.2 Å². The topological polar surface area (TPSA) is 15.3 Å². The molecule has 2 atom stereocenters. The smallest absolute Gasteiger partial charge is 0.0403 e. The summed E-state index contributed by atoms with van der Waals surface area (Å²) < 4.78 is 1.16. The number of halogens is 1. The lowest BCUT2D eigenvalue weighted by Gasteiger charge is -2.20. The van der Waals surface area contributed by atoms with Crippen molar-refractivity contribution in [3.05, 3.63) is 28.2 Å². The third-order valence-corrected chi connectivity index (χ3v) is 4.51. The normalized spacial score (nSPS) is 28.6. The van der Waals surface area contributed by atoms with Gasteiger partial charge in [-0.05, 0) is 56.9 Å². The minimum absolute atomic E-state index is 0.606. The Kier molecular flexibility index (Phi) is 3.37. The van der Waals surface area contributed by atoms with Crippen LogP contribution in [-0.4, -0.2) is 29.6 Å². The summed E-state index contributed by atoms with van der Waals surface area (Å²) >= 11 is 3.57.